The first-order valence-electron chi connectivity index (χ1n) is 8.55. The molecule has 0 bridgehead atoms. The lowest BCUT2D eigenvalue weighted by Crippen LogP contribution is -2.38. The van der Waals surface area contributed by atoms with Gasteiger partial charge in [0.1, 0.15) is 5.69 Å². The van der Waals surface area contributed by atoms with Gasteiger partial charge >= 0.3 is 0 Å². The Morgan fingerprint density at radius 3 is 2.76 bits per heavy atom. The van der Waals surface area contributed by atoms with Gasteiger partial charge < -0.3 is 0 Å². The molecule has 1 fully saturated rings. The zero-order valence-electron chi connectivity index (χ0n) is 14.8. The Bertz CT molecular complexity index is 833. The first-order valence-corrected chi connectivity index (χ1v) is 11.2. The molecule has 2 aromatic rings. The lowest BCUT2D eigenvalue weighted by molar-refractivity contribution is 0.314. The van der Waals surface area contributed by atoms with Crippen LogP contribution in [0.4, 0.5) is 0 Å². The molecule has 0 amide bonds. The fraction of sp³-hybridized carbons (Fsp3) is 0.588. The van der Waals surface area contributed by atoms with E-state index < -0.39 is 10.0 Å². The first-order chi connectivity index (χ1) is 11.8. The topological polar surface area (TPSA) is 76.1 Å². The summed E-state index contributed by atoms with van der Waals surface area (Å²) in [6, 6.07) is 0. The average molecular weight is 381 g/mol. The van der Waals surface area contributed by atoms with E-state index in [2.05, 4.69) is 28.8 Å². The number of aromatic nitrogens is 3. The van der Waals surface area contributed by atoms with Gasteiger partial charge in [-0.15, -0.1) is 11.3 Å². The predicted molar refractivity (Wildman–Crippen MR) is 100 cm³/mol. The molecule has 1 aliphatic heterocycles. The largest absolute Gasteiger partial charge is 0.257 e. The summed E-state index contributed by atoms with van der Waals surface area (Å²) in [7, 11) is -3.18. The smallest absolute Gasteiger partial charge is 0.211 e. The minimum absolute atomic E-state index is 0.0721. The first kappa shape index (κ1) is 18.4. The third-order valence-electron chi connectivity index (χ3n) is 4.34. The summed E-state index contributed by atoms with van der Waals surface area (Å²) in [5, 5.41) is 1.10. The Balaban J connectivity index is 1.89. The van der Waals surface area contributed by atoms with Crippen LogP contribution in [-0.2, 0) is 16.4 Å². The molecule has 25 heavy (non-hydrogen) atoms. The van der Waals surface area contributed by atoms with E-state index in [9.17, 15) is 8.42 Å². The van der Waals surface area contributed by atoms with Crippen molar-refractivity contribution < 1.29 is 8.42 Å². The van der Waals surface area contributed by atoms with Crippen LogP contribution in [0.15, 0.2) is 18.6 Å². The quantitative estimate of drug-likeness (QED) is 0.797. The van der Waals surface area contributed by atoms with E-state index in [1.807, 2.05) is 6.20 Å². The van der Waals surface area contributed by atoms with Crippen LogP contribution in [0.25, 0.3) is 10.6 Å². The van der Waals surface area contributed by atoms with Crippen molar-refractivity contribution >= 4 is 21.4 Å². The highest BCUT2D eigenvalue weighted by Gasteiger charge is 2.30. The maximum Gasteiger partial charge on any atom is 0.211 e. The lowest BCUT2D eigenvalue weighted by Gasteiger charge is -2.31. The SMILES string of the molecule is CC(C)Cc1ncc(-c2nccnc2[C@H]2CCCN(S(C)(=O)=O)C2)s1. The van der Waals surface area contributed by atoms with Crippen molar-refractivity contribution in [3.63, 3.8) is 0 Å². The fourth-order valence-electron chi connectivity index (χ4n) is 3.17. The molecular weight excluding hydrogens is 356 g/mol. The van der Waals surface area contributed by atoms with Crippen LogP contribution < -0.4 is 0 Å². The van der Waals surface area contributed by atoms with E-state index in [1.165, 1.54) is 6.26 Å². The number of sulfonamides is 1. The zero-order valence-corrected chi connectivity index (χ0v) is 16.5. The second kappa shape index (κ2) is 7.47. The molecule has 6 nitrogen and oxygen atoms in total. The van der Waals surface area contributed by atoms with Gasteiger partial charge in [0.25, 0.3) is 0 Å². The van der Waals surface area contributed by atoms with Crippen molar-refractivity contribution in [2.75, 3.05) is 19.3 Å². The Morgan fingerprint density at radius 2 is 2.04 bits per heavy atom. The second-order valence-corrected chi connectivity index (χ2v) is 10.1. The molecule has 0 radical (unpaired) electrons. The van der Waals surface area contributed by atoms with Gasteiger partial charge in [0.15, 0.2) is 0 Å². The number of rotatable bonds is 5. The molecule has 0 N–H and O–H groups in total. The highest BCUT2D eigenvalue weighted by Crippen LogP contribution is 2.34. The molecule has 0 unspecified atom stereocenters. The summed E-state index contributed by atoms with van der Waals surface area (Å²) in [6.45, 7) is 5.42. The minimum Gasteiger partial charge on any atom is -0.257 e. The van der Waals surface area contributed by atoms with Crippen LogP contribution in [0.2, 0.25) is 0 Å². The Labute approximate surface area is 153 Å². The Kier molecular flexibility index (Phi) is 5.50. The molecule has 1 saturated heterocycles. The van der Waals surface area contributed by atoms with E-state index in [0.717, 1.165) is 40.5 Å². The van der Waals surface area contributed by atoms with Crippen LogP contribution >= 0.6 is 11.3 Å². The molecule has 0 spiro atoms. The summed E-state index contributed by atoms with van der Waals surface area (Å²) in [5.41, 5.74) is 1.73. The normalized spacial score (nSPS) is 19.4. The molecule has 2 aromatic heterocycles. The molecule has 136 valence electrons. The van der Waals surface area contributed by atoms with Crippen LogP contribution in [0.3, 0.4) is 0 Å². The predicted octanol–water partition coefficient (Wildman–Crippen LogP) is 2.94. The molecule has 1 aliphatic rings. The minimum atomic E-state index is -3.18. The van der Waals surface area contributed by atoms with Crippen molar-refractivity contribution in [2.24, 2.45) is 5.92 Å². The van der Waals surface area contributed by atoms with Crippen molar-refractivity contribution in [2.45, 2.75) is 39.0 Å². The molecule has 3 heterocycles. The Morgan fingerprint density at radius 1 is 1.28 bits per heavy atom. The van der Waals surface area contributed by atoms with E-state index in [-0.39, 0.29) is 5.92 Å². The number of piperidine rings is 1. The van der Waals surface area contributed by atoms with Crippen LogP contribution in [0.5, 0.6) is 0 Å². The lowest BCUT2D eigenvalue weighted by atomic mass is 9.94. The molecule has 3 rings (SSSR count). The van der Waals surface area contributed by atoms with Crippen LogP contribution in [-0.4, -0.2) is 47.0 Å². The molecule has 0 saturated carbocycles. The average Bonchev–Trinajstić information content (AvgIpc) is 3.02. The maximum absolute atomic E-state index is 11.9. The van der Waals surface area contributed by atoms with Crippen molar-refractivity contribution in [1.82, 2.24) is 19.3 Å². The second-order valence-electron chi connectivity index (χ2n) is 6.97. The maximum atomic E-state index is 11.9. The highest BCUT2D eigenvalue weighted by molar-refractivity contribution is 7.88. The highest BCUT2D eigenvalue weighted by atomic mass is 32.2. The number of hydrogen-bond acceptors (Lipinski definition) is 6. The van der Waals surface area contributed by atoms with Crippen molar-refractivity contribution in [3.05, 3.63) is 29.3 Å². The van der Waals surface area contributed by atoms with Gasteiger partial charge in [0, 0.05) is 44.0 Å². The van der Waals surface area contributed by atoms with E-state index in [1.54, 1.807) is 28.0 Å². The summed E-state index contributed by atoms with van der Waals surface area (Å²) < 4.78 is 25.4. The van der Waals surface area contributed by atoms with Gasteiger partial charge in [-0.2, -0.15) is 0 Å². The number of thiazole rings is 1. The molecule has 8 heteroatoms. The molecule has 0 aliphatic carbocycles. The fourth-order valence-corrected chi connectivity index (χ4v) is 5.21. The van der Waals surface area contributed by atoms with Gasteiger partial charge in [-0.05, 0) is 18.8 Å². The third kappa shape index (κ3) is 4.43. The van der Waals surface area contributed by atoms with Gasteiger partial charge in [0.2, 0.25) is 10.0 Å². The third-order valence-corrected chi connectivity index (χ3v) is 6.63. The van der Waals surface area contributed by atoms with E-state index >= 15 is 0 Å². The van der Waals surface area contributed by atoms with Gasteiger partial charge in [0.05, 0.1) is 21.8 Å². The van der Waals surface area contributed by atoms with Gasteiger partial charge in [-0.25, -0.2) is 17.7 Å². The summed E-state index contributed by atoms with van der Waals surface area (Å²) in [4.78, 5) is 14.6. The van der Waals surface area contributed by atoms with Gasteiger partial charge in [-0.1, -0.05) is 13.8 Å². The van der Waals surface area contributed by atoms with Gasteiger partial charge in [-0.3, -0.25) is 9.97 Å². The van der Waals surface area contributed by atoms with Crippen molar-refractivity contribution in [1.29, 1.82) is 0 Å². The monoisotopic (exact) mass is 380 g/mol. The van der Waals surface area contributed by atoms with Crippen LogP contribution in [0.1, 0.15) is 43.3 Å². The standard InChI is InChI=1S/C17H24N4O2S2/c1-12(2)9-15-20-10-14(24-15)17-16(18-6-7-19-17)13-5-4-8-21(11-13)25(3,22)23/h6-7,10,12-13H,4-5,8-9,11H2,1-3H3/t13-/m0/s1. The van der Waals surface area contributed by atoms with E-state index in [4.69, 9.17) is 0 Å². The summed E-state index contributed by atoms with van der Waals surface area (Å²) in [6.07, 6.45) is 9.24. The van der Waals surface area contributed by atoms with Crippen LogP contribution in [0, 0.1) is 5.92 Å². The molecule has 1 atom stereocenters. The Hall–Kier alpha value is -1.38. The van der Waals surface area contributed by atoms with E-state index in [0.29, 0.717) is 19.0 Å². The number of hydrogen-bond donors (Lipinski definition) is 0. The summed E-state index contributed by atoms with van der Waals surface area (Å²) in [5.74, 6) is 0.629. The van der Waals surface area contributed by atoms with Crippen molar-refractivity contribution in [3.8, 4) is 10.6 Å². The number of nitrogens with zero attached hydrogens (tertiary/aromatic N) is 4. The zero-order chi connectivity index (χ0) is 18.0. The molecule has 0 aromatic carbocycles. The summed E-state index contributed by atoms with van der Waals surface area (Å²) >= 11 is 1.65. The molecular formula is C17H24N4O2S2.